The minimum Gasteiger partial charge on any atom is -0.352 e. The third-order valence-corrected chi connectivity index (χ3v) is 11.3. The summed E-state index contributed by atoms with van der Waals surface area (Å²) in [6.45, 7) is 4.45. The lowest BCUT2D eigenvalue weighted by Gasteiger charge is -2.53. The van der Waals surface area contributed by atoms with Gasteiger partial charge in [0.05, 0.1) is 6.04 Å². The lowest BCUT2D eigenvalue weighted by atomic mass is 9.53. The van der Waals surface area contributed by atoms with E-state index < -0.39 is 28.7 Å². The SMILES string of the molecule is CN1[C@@H](C(=O)NC2CCC(C=O)CC2)[C@H](c2ccnc(Cl)c2F)[C@]2(C(=O)Nc3cc(Cl)ccc32)C12CCC(C)(C)CC2. The fourth-order valence-corrected chi connectivity index (χ4v) is 8.89. The zero-order valence-electron chi connectivity index (χ0n) is 24.2. The molecule has 6 rings (SSSR count). The van der Waals surface area contributed by atoms with Crippen molar-refractivity contribution in [2.75, 3.05) is 12.4 Å². The van der Waals surface area contributed by atoms with E-state index in [1.807, 2.05) is 13.1 Å². The monoisotopic (exact) mass is 614 g/mol. The molecule has 3 atom stereocenters. The molecule has 42 heavy (non-hydrogen) atoms. The molecule has 1 aromatic carbocycles. The van der Waals surface area contributed by atoms with Crippen LogP contribution in [-0.2, 0) is 19.8 Å². The number of aldehydes is 1. The predicted molar refractivity (Wildman–Crippen MR) is 160 cm³/mol. The molecule has 7 nitrogen and oxygen atoms in total. The first-order valence-corrected chi connectivity index (χ1v) is 15.6. The van der Waals surface area contributed by atoms with Gasteiger partial charge in [-0.05, 0) is 93.2 Å². The molecule has 4 aliphatic rings. The number of pyridine rings is 1. The maximum absolute atomic E-state index is 16.1. The third-order valence-electron chi connectivity index (χ3n) is 10.8. The fraction of sp³-hybridized carbons (Fsp3) is 0.562. The maximum Gasteiger partial charge on any atom is 0.238 e. The number of halogens is 3. The first-order valence-electron chi connectivity index (χ1n) is 14.9. The van der Waals surface area contributed by atoms with Gasteiger partial charge in [-0.1, -0.05) is 43.1 Å². The van der Waals surface area contributed by atoms with Crippen molar-refractivity contribution in [3.63, 3.8) is 0 Å². The molecule has 10 heteroatoms. The number of likely N-dealkylation sites (N-methyl/N-ethyl adjacent to an activating group) is 1. The van der Waals surface area contributed by atoms with Gasteiger partial charge in [0.2, 0.25) is 11.8 Å². The van der Waals surface area contributed by atoms with Crippen LogP contribution in [0.5, 0.6) is 0 Å². The summed E-state index contributed by atoms with van der Waals surface area (Å²) in [5, 5.41) is 6.51. The standard InChI is InChI=1S/C32H37Cl2FN4O3/c1-30(2)11-13-31(14-12-30)32(22-9-6-19(33)16-23(22)38-29(32)42)24(21-10-15-36-27(34)25(21)35)26(39(31)3)28(41)37-20-7-4-18(17-40)5-8-20/h6,9-10,15-18,20,24,26H,4-5,7-8,11-14H2,1-3H3,(H,37,41)(H,38,42)/t18?,20?,24-,26+,32+/m0/s1. The Labute approximate surface area is 255 Å². The van der Waals surface area contributed by atoms with E-state index in [1.165, 1.54) is 6.20 Å². The predicted octanol–water partition coefficient (Wildman–Crippen LogP) is 6.03. The summed E-state index contributed by atoms with van der Waals surface area (Å²) < 4.78 is 16.1. The van der Waals surface area contributed by atoms with Crippen LogP contribution in [0.2, 0.25) is 10.2 Å². The highest BCUT2D eigenvalue weighted by molar-refractivity contribution is 6.31. The quantitative estimate of drug-likeness (QED) is 0.324. The first kappa shape index (κ1) is 29.5. The molecule has 2 aliphatic carbocycles. The zero-order chi connectivity index (χ0) is 30.0. The van der Waals surface area contributed by atoms with Crippen LogP contribution >= 0.6 is 23.2 Å². The molecular formula is C32H37Cl2FN4O3. The number of carbonyl (C=O) groups is 3. The van der Waals surface area contributed by atoms with Crippen molar-refractivity contribution in [2.24, 2.45) is 11.3 Å². The summed E-state index contributed by atoms with van der Waals surface area (Å²) in [7, 11) is 1.91. The summed E-state index contributed by atoms with van der Waals surface area (Å²) in [6, 6.07) is 5.94. The van der Waals surface area contributed by atoms with Crippen LogP contribution in [0.25, 0.3) is 0 Å². The minimum atomic E-state index is -1.29. The van der Waals surface area contributed by atoms with Gasteiger partial charge in [0.15, 0.2) is 11.0 Å². The smallest absolute Gasteiger partial charge is 0.238 e. The molecule has 2 amide bonds. The van der Waals surface area contributed by atoms with Gasteiger partial charge in [0.25, 0.3) is 0 Å². The average Bonchev–Trinajstić information content (AvgIpc) is 3.36. The molecule has 1 aromatic heterocycles. The van der Waals surface area contributed by atoms with Gasteiger partial charge in [-0.15, -0.1) is 0 Å². The van der Waals surface area contributed by atoms with Crippen LogP contribution in [0.4, 0.5) is 10.1 Å². The molecule has 3 heterocycles. The first-order chi connectivity index (χ1) is 19.9. The molecule has 2 saturated carbocycles. The van der Waals surface area contributed by atoms with Gasteiger partial charge in [-0.3, -0.25) is 14.5 Å². The number of aromatic nitrogens is 1. The van der Waals surface area contributed by atoms with Crippen LogP contribution in [0.3, 0.4) is 0 Å². The zero-order valence-corrected chi connectivity index (χ0v) is 25.7. The Hall–Kier alpha value is -2.55. The van der Waals surface area contributed by atoms with Crippen molar-refractivity contribution >= 4 is 47.0 Å². The summed E-state index contributed by atoms with van der Waals surface area (Å²) in [5.74, 6) is -2.11. The number of rotatable bonds is 4. The lowest BCUT2D eigenvalue weighted by Crippen LogP contribution is -2.62. The summed E-state index contributed by atoms with van der Waals surface area (Å²) >= 11 is 12.6. The molecule has 2 aliphatic heterocycles. The Balaban J connectivity index is 1.55. The Morgan fingerprint density at radius 1 is 1.12 bits per heavy atom. The molecule has 3 fully saturated rings. The van der Waals surface area contributed by atoms with Crippen LogP contribution in [0.15, 0.2) is 30.5 Å². The summed E-state index contributed by atoms with van der Waals surface area (Å²) in [4.78, 5) is 46.5. The second-order valence-corrected chi connectivity index (χ2v) is 14.2. The number of anilines is 1. The number of benzene rings is 1. The van der Waals surface area contributed by atoms with Gasteiger partial charge in [-0.2, -0.15) is 0 Å². The van der Waals surface area contributed by atoms with Crippen molar-refractivity contribution in [1.29, 1.82) is 0 Å². The second kappa shape index (κ2) is 10.6. The van der Waals surface area contributed by atoms with Gasteiger partial charge in [0.1, 0.15) is 11.7 Å². The van der Waals surface area contributed by atoms with Gasteiger partial charge < -0.3 is 15.4 Å². The number of nitrogens with one attached hydrogen (secondary N) is 2. The fourth-order valence-electron chi connectivity index (χ4n) is 8.55. The molecule has 0 radical (unpaired) electrons. The number of carbonyl (C=O) groups excluding carboxylic acids is 3. The Morgan fingerprint density at radius 2 is 1.81 bits per heavy atom. The summed E-state index contributed by atoms with van der Waals surface area (Å²) in [6.07, 6.45) is 8.23. The number of amides is 2. The van der Waals surface area contributed by atoms with Gasteiger partial charge >= 0.3 is 0 Å². The van der Waals surface area contributed by atoms with E-state index in [0.717, 1.165) is 24.7 Å². The number of likely N-dealkylation sites (tertiary alicyclic amines) is 1. The molecule has 1 saturated heterocycles. The van der Waals surface area contributed by atoms with E-state index in [1.54, 1.807) is 18.2 Å². The highest BCUT2D eigenvalue weighted by atomic mass is 35.5. The molecule has 0 bridgehead atoms. The van der Waals surface area contributed by atoms with E-state index in [4.69, 9.17) is 23.2 Å². The largest absolute Gasteiger partial charge is 0.352 e. The number of fused-ring (bicyclic) bond motifs is 3. The van der Waals surface area contributed by atoms with Crippen LogP contribution in [-0.4, -0.2) is 52.7 Å². The van der Waals surface area contributed by atoms with E-state index in [2.05, 4.69) is 34.4 Å². The topological polar surface area (TPSA) is 91.4 Å². The van der Waals surface area contributed by atoms with Crippen molar-refractivity contribution in [1.82, 2.24) is 15.2 Å². The van der Waals surface area contributed by atoms with E-state index in [-0.39, 0.29) is 39.9 Å². The van der Waals surface area contributed by atoms with Crippen molar-refractivity contribution in [3.8, 4) is 0 Å². The lowest BCUT2D eigenvalue weighted by molar-refractivity contribution is -0.129. The Kier molecular flexibility index (Phi) is 7.42. The molecule has 2 aromatic rings. The van der Waals surface area contributed by atoms with Crippen molar-refractivity contribution < 1.29 is 18.8 Å². The molecule has 224 valence electrons. The van der Waals surface area contributed by atoms with E-state index >= 15 is 4.39 Å². The average molecular weight is 616 g/mol. The highest BCUT2D eigenvalue weighted by Crippen LogP contribution is 2.67. The number of hydrogen-bond acceptors (Lipinski definition) is 5. The van der Waals surface area contributed by atoms with Crippen LogP contribution in [0, 0.1) is 17.2 Å². The van der Waals surface area contributed by atoms with E-state index in [9.17, 15) is 14.4 Å². The van der Waals surface area contributed by atoms with Gasteiger partial charge in [0, 0.05) is 40.3 Å². The van der Waals surface area contributed by atoms with Crippen molar-refractivity contribution in [3.05, 3.63) is 57.6 Å². The minimum absolute atomic E-state index is 0.00996. The van der Waals surface area contributed by atoms with Crippen LogP contribution in [0.1, 0.15) is 82.3 Å². The Morgan fingerprint density at radius 3 is 2.48 bits per heavy atom. The molecule has 0 unspecified atom stereocenters. The molecule has 2 N–H and O–H groups in total. The number of nitrogens with zero attached hydrogens (tertiary/aromatic N) is 2. The van der Waals surface area contributed by atoms with Crippen LogP contribution < -0.4 is 10.6 Å². The molecule has 2 spiro atoms. The second-order valence-electron chi connectivity index (χ2n) is 13.4. The normalized spacial score (nSPS) is 31.6. The van der Waals surface area contributed by atoms with Gasteiger partial charge in [-0.25, -0.2) is 9.37 Å². The van der Waals surface area contributed by atoms with E-state index in [0.29, 0.717) is 49.2 Å². The Bertz CT molecular complexity index is 1430. The maximum atomic E-state index is 16.1. The third kappa shape index (κ3) is 4.31. The van der Waals surface area contributed by atoms with Crippen molar-refractivity contribution in [2.45, 2.75) is 94.2 Å². The molecular weight excluding hydrogens is 578 g/mol. The highest BCUT2D eigenvalue weighted by Gasteiger charge is 2.75. The summed E-state index contributed by atoms with van der Waals surface area (Å²) in [5.41, 5.74) is -0.502. The number of hydrogen-bond donors (Lipinski definition) is 2.